The smallest absolute Gasteiger partial charge is 0.339 e. The maximum Gasteiger partial charge on any atom is 0.339 e. The van der Waals surface area contributed by atoms with Crippen LogP contribution in [-0.2, 0) is 11.3 Å². The van der Waals surface area contributed by atoms with E-state index in [0.29, 0.717) is 9.90 Å². The van der Waals surface area contributed by atoms with Crippen LogP contribution in [0.1, 0.15) is 15.9 Å². The molecule has 0 saturated carbocycles. The van der Waals surface area contributed by atoms with E-state index < -0.39 is 23.0 Å². The molecule has 0 aliphatic carbocycles. The first-order valence-electron chi connectivity index (χ1n) is 5.65. The molecule has 0 aliphatic heterocycles. The number of aromatic hydroxyl groups is 1. The normalized spacial score (nSPS) is 12.2. The van der Waals surface area contributed by atoms with Gasteiger partial charge in [0, 0.05) is 11.6 Å². The first-order chi connectivity index (χ1) is 10.2. The van der Waals surface area contributed by atoms with Crippen molar-refractivity contribution < 1.29 is 23.8 Å². The predicted octanol–water partition coefficient (Wildman–Crippen LogP) is 4.04. The van der Waals surface area contributed by atoms with Crippen molar-refractivity contribution in [1.29, 1.82) is 0 Å². The van der Waals surface area contributed by atoms with Crippen molar-refractivity contribution in [1.82, 2.24) is 0 Å². The van der Waals surface area contributed by atoms with Gasteiger partial charge in [0.25, 0.3) is 11.3 Å². The lowest BCUT2D eigenvalue weighted by Gasteiger charge is -2.21. The molecule has 0 aliphatic rings. The van der Waals surface area contributed by atoms with Crippen LogP contribution >= 0.6 is 34.5 Å². The summed E-state index contributed by atoms with van der Waals surface area (Å²) in [6.45, 7) is 1.63. The van der Waals surface area contributed by atoms with Crippen LogP contribution in [0.25, 0.3) is 0 Å². The second kappa shape index (κ2) is 6.43. The fourth-order valence-electron chi connectivity index (χ4n) is 1.80. The topological polar surface area (TPSA) is 98.1 Å². The Balaban J connectivity index is 2.61. The molecular weight excluding hydrogens is 373 g/mol. The van der Waals surface area contributed by atoms with E-state index in [1.807, 2.05) is 0 Å². The maximum atomic E-state index is 11.7. The minimum Gasteiger partial charge on any atom is -0.507 e. The van der Waals surface area contributed by atoms with Crippen molar-refractivity contribution in [2.45, 2.75) is 6.92 Å². The van der Waals surface area contributed by atoms with Gasteiger partial charge in [0.2, 0.25) is 0 Å². The van der Waals surface area contributed by atoms with Gasteiger partial charge in [-0.25, -0.2) is 13.3 Å². The van der Waals surface area contributed by atoms with Gasteiger partial charge >= 0.3 is 5.97 Å². The van der Waals surface area contributed by atoms with Crippen molar-refractivity contribution in [3.8, 4) is 5.75 Å². The lowest BCUT2D eigenvalue weighted by molar-refractivity contribution is 0.0694. The highest BCUT2D eigenvalue weighted by Crippen LogP contribution is 2.45. The molecule has 2 aromatic rings. The van der Waals surface area contributed by atoms with Gasteiger partial charge in [-0.1, -0.05) is 23.2 Å². The molecule has 0 radical (unpaired) electrons. The summed E-state index contributed by atoms with van der Waals surface area (Å²) in [5.41, 5.74) is 0.502. The molecule has 1 aromatic heterocycles. The number of carboxylic acids is 1. The third kappa shape index (κ3) is 3.06. The molecule has 1 aromatic carbocycles. The molecule has 10 heteroatoms. The second-order valence-electron chi connectivity index (χ2n) is 4.15. The van der Waals surface area contributed by atoms with E-state index in [1.54, 1.807) is 6.92 Å². The molecule has 0 amide bonds. The SMILES string of the molecule is Cc1c(Cl)sc(Cl)c1N(c1ccc(C(=O)O)c(O)c1)S(=O)O. The van der Waals surface area contributed by atoms with Gasteiger partial charge in [-0.05, 0) is 19.1 Å². The molecule has 118 valence electrons. The van der Waals surface area contributed by atoms with Crippen LogP contribution in [0, 0.1) is 6.92 Å². The number of hydrogen-bond acceptors (Lipinski definition) is 4. The number of hydrogen-bond donors (Lipinski definition) is 3. The summed E-state index contributed by atoms with van der Waals surface area (Å²) in [4.78, 5) is 10.9. The number of phenols is 1. The van der Waals surface area contributed by atoms with E-state index in [4.69, 9.17) is 28.3 Å². The van der Waals surface area contributed by atoms with E-state index in [0.717, 1.165) is 27.8 Å². The molecule has 2 rings (SSSR count). The van der Waals surface area contributed by atoms with Crippen LogP contribution in [0.15, 0.2) is 18.2 Å². The molecule has 0 bridgehead atoms. The number of aromatic carboxylic acids is 1. The molecule has 22 heavy (non-hydrogen) atoms. The van der Waals surface area contributed by atoms with Crippen molar-refractivity contribution in [2.24, 2.45) is 0 Å². The highest BCUT2D eigenvalue weighted by molar-refractivity contribution is 7.81. The molecular formula is C12H9Cl2NO5S2. The molecule has 6 nitrogen and oxygen atoms in total. The van der Waals surface area contributed by atoms with Gasteiger partial charge in [-0.3, -0.25) is 4.55 Å². The Morgan fingerprint density at radius 3 is 2.36 bits per heavy atom. The fourth-order valence-corrected chi connectivity index (χ4v) is 4.23. The van der Waals surface area contributed by atoms with Gasteiger partial charge in [0.15, 0.2) is 0 Å². The fraction of sp³-hybridized carbons (Fsp3) is 0.0833. The summed E-state index contributed by atoms with van der Waals surface area (Å²) >= 11 is 10.6. The van der Waals surface area contributed by atoms with Crippen LogP contribution in [0.4, 0.5) is 11.4 Å². The monoisotopic (exact) mass is 381 g/mol. The molecule has 3 N–H and O–H groups in total. The summed E-state index contributed by atoms with van der Waals surface area (Å²) in [5, 5.41) is 18.6. The predicted molar refractivity (Wildman–Crippen MR) is 87.1 cm³/mol. The van der Waals surface area contributed by atoms with Gasteiger partial charge in [-0.2, -0.15) is 0 Å². The number of nitrogens with zero attached hydrogens (tertiary/aromatic N) is 1. The Morgan fingerprint density at radius 2 is 1.95 bits per heavy atom. The average Bonchev–Trinajstić information content (AvgIpc) is 2.65. The van der Waals surface area contributed by atoms with Gasteiger partial charge in [0.1, 0.15) is 15.6 Å². The molecule has 0 spiro atoms. The molecule has 1 unspecified atom stereocenters. The molecule has 1 atom stereocenters. The van der Waals surface area contributed by atoms with Crippen LogP contribution < -0.4 is 4.31 Å². The Morgan fingerprint density at radius 1 is 1.32 bits per heavy atom. The number of carboxylic acid groups (broad SMARTS) is 1. The zero-order valence-corrected chi connectivity index (χ0v) is 14.1. The van der Waals surface area contributed by atoms with Crippen molar-refractivity contribution in [2.75, 3.05) is 4.31 Å². The number of anilines is 2. The number of rotatable bonds is 4. The number of thiophene rings is 1. The molecule has 1 heterocycles. The number of carbonyl (C=O) groups is 1. The summed E-state index contributed by atoms with van der Waals surface area (Å²) in [6, 6.07) is 3.49. The van der Waals surface area contributed by atoms with Crippen LogP contribution in [0.5, 0.6) is 5.75 Å². The highest BCUT2D eigenvalue weighted by Gasteiger charge is 2.25. The Labute approximate surface area is 141 Å². The van der Waals surface area contributed by atoms with Gasteiger partial charge < -0.3 is 10.2 Å². The Hall–Kier alpha value is -1.32. The van der Waals surface area contributed by atoms with E-state index in [2.05, 4.69) is 0 Å². The summed E-state index contributed by atoms with van der Waals surface area (Å²) in [6.07, 6.45) is 0. The Bertz CT molecular complexity index is 777. The maximum absolute atomic E-state index is 11.7. The Kier molecular flexibility index (Phi) is 4.98. The molecule has 0 fully saturated rings. The first-order valence-corrected chi connectivity index (χ1v) is 8.29. The minimum absolute atomic E-state index is 0.0998. The van der Waals surface area contributed by atoms with E-state index >= 15 is 0 Å². The first kappa shape index (κ1) is 17.0. The van der Waals surface area contributed by atoms with E-state index in [-0.39, 0.29) is 21.3 Å². The van der Waals surface area contributed by atoms with Gasteiger partial charge in [-0.15, -0.1) is 11.3 Å². The summed E-state index contributed by atoms with van der Waals surface area (Å²) < 4.78 is 22.7. The highest BCUT2D eigenvalue weighted by atomic mass is 35.5. The van der Waals surface area contributed by atoms with Crippen molar-refractivity contribution in [3.05, 3.63) is 38.0 Å². The zero-order chi connectivity index (χ0) is 16.6. The van der Waals surface area contributed by atoms with Crippen molar-refractivity contribution in [3.63, 3.8) is 0 Å². The van der Waals surface area contributed by atoms with E-state index in [1.165, 1.54) is 6.07 Å². The van der Waals surface area contributed by atoms with Crippen LogP contribution in [-0.4, -0.2) is 24.9 Å². The standard InChI is InChI=1S/C12H9Cl2NO5S2/c1-5-9(11(14)21-10(5)13)15(22(19)20)6-2-3-7(12(17)18)8(16)4-6/h2-4,16H,1H3,(H,17,18)(H,19,20). The summed E-state index contributed by atoms with van der Waals surface area (Å²) in [5.74, 6) is -1.84. The number of benzene rings is 1. The lowest BCUT2D eigenvalue weighted by Crippen LogP contribution is -2.20. The van der Waals surface area contributed by atoms with Crippen LogP contribution in [0.3, 0.4) is 0 Å². The average molecular weight is 382 g/mol. The molecule has 0 saturated heterocycles. The lowest BCUT2D eigenvalue weighted by atomic mass is 10.1. The van der Waals surface area contributed by atoms with E-state index in [9.17, 15) is 18.7 Å². The third-order valence-corrected chi connectivity index (χ3v) is 5.31. The second-order valence-corrected chi connectivity index (χ2v) is 7.21. The van der Waals surface area contributed by atoms with Crippen molar-refractivity contribution >= 4 is 63.1 Å². The summed E-state index contributed by atoms with van der Waals surface area (Å²) in [7, 11) is 0. The quantitative estimate of drug-likeness (QED) is 0.694. The number of halogens is 2. The van der Waals surface area contributed by atoms with Gasteiger partial charge in [0.05, 0.1) is 15.7 Å². The third-order valence-electron chi connectivity index (χ3n) is 2.82. The van der Waals surface area contributed by atoms with Crippen LogP contribution in [0.2, 0.25) is 8.67 Å². The zero-order valence-electron chi connectivity index (χ0n) is 10.9. The minimum atomic E-state index is -2.50. The largest absolute Gasteiger partial charge is 0.507 e.